The highest BCUT2D eigenvalue weighted by Gasteiger charge is 2.19. The third-order valence-corrected chi connectivity index (χ3v) is 10.2. The molecule has 0 fully saturated rings. The molecule has 0 unspecified atom stereocenters. The second kappa shape index (κ2) is 10.4. The Kier molecular flexibility index (Phi) is 5.63. The Morgan fingerprint density at radius 2 is 0.920 bits per heavy atom. The zero-order valence-electron chi connectivity index (χ0n) is 26.8. The number of benzene rings is 8. The fraction of sp³-hybridized carbons (Fsp3) is 0. The largest absolute Gasteiger partial charge is 0.456 e. The molecule has 3 heterocycles. The van der Waals surface area contributed by atoms with Crippen molar-refractivity contribution in [2.24, 2.45) is 0 Å². The van der Waals surface area contributed by atoms with Crippen LogP contribution in [0, 0.1) is 0 Å². The Morgan fingerprint density at radius 1 is 0.400 bits per heavy atom. The molecule has 0 bridgehead atoms. The van der Waals surface area contributed by atoms with E-state index in [1.165, 1.54) is 43.4 Å². The number of para-hydroxylation sites is 3. The quantitative estimate of drug-likeness (QED) is 0.194. The van der Waals surface area contributed by atoms with E-state index in [0.29, 0.717) is 0 Å². The minimum Gasteiger partial charge on any atom is -0.456 e. The molecule has 11 aromatic rings. The SMILES string of the molecule is c1ccc2c(c1)ccc1c2c2c3ccccc3ccc2n1-c1ccc(-c2nc3ccccc3nc2-c2ccc3oc4ccccc4c3c2)cc1. The van der Waals surface area contributed by atoms with Gasteiger partial charge in [0.15, 0.2) is 0 Å². The number of furan rings is 1. The van der Waals surface area contributed by atoms with E-state index in [0.717, 1.165) is 61.2 Å². The average Bonchev–Trinajstić information content (AvgIpc) is 3.73. The number of rotatable bonds is 3. The van der Waals surface area contributed by atoms with Crippen molar-refractivity contribution in [2.75, 3.05) is 0 Å². The van der Waals surface area contributed by atoms with Gasteiger partial charge in [0.2, 0.25) is 0 Å². The minimum atomic E-state index is 0.846. The lowest BCUT2D eigenvalue weighted by molar-refractivity contribution is 0.669. The van der Waals surface area contributed by atoms with E-state index in [-0.39, 0.29) is 0 Å². The molecule has 3 aromatic heterocycles. The molecular weight excluding hydrogens is 611 g/mol. The Labute approximate surface area is 286 Å². The van der Waals surface area contributed by atoms with Gasteiger partial charge in [-0.1, -0.05) is 103 Å². The van der Waals surface area contributed by atoms with Crippen molar-refractivity contribution in [3.8, 4) is 28.2 Å². The summed E-state index contributed by atoms with van der Waals surface area (Å²) in [5.74, 6) is 0. The number of hydrogen-bond acceptors (Lipinski definition) is 3. The lowest BCUT2D eigenvalue weighted by Crippen LogP contribution is -1.97. The van der Waals surface area contributed by atoms with Gasteiger partial charge >= 0.3 is 0 Å². The molecule has 0 spiro atoms. The van der Waals surface area contributed by atoms with Crippen molar-refractivity contribution in [3.63, 3.8) is 0 Å². The summed E-state index contributed by atoms with van der Waals surface area (Å²) in [5.41, 5.74) is 10.7. The van der Waals surface area contributed by atoms with Crippen molar-refractivity contribution in [3.05, 3.63) is 164 Å². The maximum absolute atomic E-state index is 6.15. The maximum atomic E-state index is 6.15. The molecule has 0 atom stereocenters. The van der Waals surface area contributed by atoms with E-state index >= 15 is 0 Å². The highest BCUT2D eigenvalue weighted by atomic mass is 16.3. The van der Waals surface area contributed by atoms with E-state index in [4.69, 9.17) is 14.4 Å². The smallest absolute Gasteiger partial charge is 0.135 e. The summed E-state index contributed by atoms with van der Waals surface area (Å²) < 4.78 is 8.55. The predicted octanol–water partition coefficient (Wildman–Crippen LogP) is 12.3. The lowest BCUT2D eigenvalue weighted by atomic mass is 10.00. The van der Waals surface area contributed by atoms with Gasteiger partial charge in [0.05, 0.1) is 33.5 Å². The standard InChI is InChI=1S/C46H27N3O/c1-3-11-33-28(9-1)19-24-39-43(33)44-34-12-4-2-10-29(34)20-25-40(44)49(39)32-22-17-30(18-23-32)45-46(48-38-15-7-6-14-37(38)47-45)31-21-26-42-36(27-31)35-13-5-8-16-41(35)50-42/h1-27H. The van der Waals surface area contributed by atoms with Gasteiger partial charge < -0.3 is 8.98 Å². The average molecular weight is 638 g/mol. The van der Waals surface area contributed by atoms with E-state index in [1.807, 2.05) is 42.5 Å². The number of nitrogens with zero attached hydrogens (tertiary/aromatic N) is 3. The van der Waals surface area contributed by atoms with E-state index in [9.17, 15) is 0 Å². The Balaban J connectivity index is 1.13. The van der Waals surface area contributed by atoms with Crippen LogP contribution in [0.1, 0.15) is 0 Å². The van der Waals surface area contributed by atoms with Gasteiger partial charge in [0, 0.05) is 38.4 Å². The second-order valence-electron chi connectivity index (χ2n) is 13.0. The highest BCUT2D eigenvalue weighted by molar-refractivity contribution is 6.28. The van der Waals surface area contributed by atoms with Crippen LogP contribution in [0.3, 0.4) is 0 Å². The lowest BCUT2D eigenvalue weighted by Gasteiger charge is -2.13. The van der Waals surface area contributed by atoms with Gasteiger partial charge in [-0.05, 0) is 82.2 Å². The molecule has 0 saturated carbocycles. The fourth-order valence-electron chi connectivity index (χ4n) is 7.87. The van der Waals surface area contributed by atoms with Gasteiger partial charge in [-0.25, -0.2) is 9.97 Å². The number of aromatic nitrogens is 3. The van der Waals surface area contributed by atoms with Gasteiger partial charge in [0.25, 0.3) is 0 Å². The summed E-state index contributed by atoms with van der Waals surface area (Å²) in [6.45, 7) is 0. The fourth-order valence-corrected chi connectivity index (χ4v) is 7.87. The van der Waals surface area contributed by atoms with Gasteiger partial charge in [-0.3, -0.25) is 0 Å². The first kappa shape index (κ1) is 27.2. The third kappa shape index (κ3) is 3.93. The summed E-state index contributed by atoms with van der Waals surface area (Å²) in [5, 5.41) is 9.74. The van der Waals surface area contributed by atoms with Crippen molar-refractivity contribution in [1.82, 2.24) is 14.5 Å². The number of fused-ring (bicyclic) bond motifs is 11. The molecule has 11 rings (SSSR count). The molecule has 232 valence electrons. The molecule has 0 aliphatic carbocycles. The van der Waals surface area contributed by atoms with Gasteiger partial charge in [-0.2, -0.15) is 0 Å². The molecule has 0 amide bonds. The zero-order valence-corrected chi connectivity index (χ0v) is 26.8. The summed E-state index contributed by atoms with van der Waals surface area (Å²) in [6.07, 6.45) is 0. The van der Waals surface area contributed by atoms with Crippen LogP contribution in [0.2, 0.25) is 0 Å². The van der Waals surface area contributed by atoms with Crippen LogP contribution < -0.4 is 0 Å². The molecule has 0 radical (unpaired) electrons. The topological polar surface area (TPSA) is 43.9 Å². The first-order valence-corrected chi connectivity index (χ1v) is 16.9. The first-order valence-electron chi connectivity index (χ1n) is 16.9. The molecule has 0 aliphatic rings. The molecule has 0 saturated heterocycles. The van der Waals surface area contributed by atoms with Gasteiger partial charge in [0.1, 0.15) is 11.2 Å². The van der Waals surface area contributed by atoms with Crippen LogP contribution in [0.5, 0.6) is 0 Å². The molecular formula is C46H27N3O. The van der Waals surface area contributed by atoms with Crippen molar-refractivity contribution in [1.29, 1.82) is 0 Å². The van der Waals surface area contributed by atoms with E-state index < -0.39 is 0 Å². The minimum absolute atomic E-state index is 0.846. The third-order valence-electron chi connectivity index (χ3n) is 10.2. The van der Waals surface area contributed by atoms with Crippen molar-refractivity contribution < 1.29 is 4.42 Å². The van der Waals surface area contributed by atoms with Crippen LogP contribution in [-0.2, 0) is 0 Å². The summed E-state index contributed by atoms with van der Waals surface area (Å²) >= 11 is 0. The Hall–Kier alpha value is -6.78. The monoisotopic (exact) mass is 637 g/mol. The van der Waals surface area contributed by atoms with Crippen LogP contribution in [0.15, 0.2) is 168 Å². The van der Waals surface area contributed by atoms with E-state index in [1.54, 1.807) is 0 Å². The van der Waals surface area contributed by atoms with Crippen molar-refractivity contribution >= 4 is 76.3 Å². The van der Waals surface area contributed by atoms with Gasteiger partial charge in [-0.15, -0.1) is 0 Å². The molecule has 4 heteroatoms. The summed E-state index contributed by atoms with van der Waals surface area (Å²) in [6, 6.07) is 57.8. The highest BCUT2D eigenvalue weighted by Crippen LogP contribution is 2.41. The normalized spacial score (nSPS) is 12.0. The van der Waals surface area contributed by atoms with Crippen LogP contribution in [-0.4, -0.2) is 14.5 Å². The van der Waals surface area contributed by atoms with Crippen LogP contribution in [0.4, 0.5) is 0 Å². The predicted molar refractivity (Wildman–Crippen MR) is 207 cm³/mol. The molecule has 50 heavy (non-hydrogen) atoms. The summed E-state index contributed by atoms with van der Waals surface area (Å²) in [7, 11) is 0. The van der Waals surface area contributed by atoms with Crippen LogP contribution >= 0.6 is 0 Å². The van der Waals surface area contributed by atoms with Crippen LogP contribution in [0.25, 0.3) is 105 Å². The molecule has 0 N–H and O–H groups in total. The van der Waals surface area contributed by atoms with Crippen molar-refractivity contribution in [2.45, 2.75) is 0 Å². The Morgan fingerprint density at radius 3 is 1.58 bits per heavy atom. The molecule has 4 nitrogen and oxygen atoms in total. The molecule has 8 aromatic carbocycles. The number of hydrogen-bond donors (Lipinski definition) is 0. The molecule has 0 aliphatic heterocycles. The maximum Gasteiger partial charge on any atom is 0.135 e. The zero-order chi connectivity index (χ0) is 32.8. The summed E-state index contributed by atoms with van der Waals surface area (Å²) in [4.78, 5) is 10.4. The second-order valence-corrected chi connectivity index (χ2v) is 13.0. The first-order chi connectivity index (χ1) is 24.8. The Bertz CT molecular complexity index is 3060. The van der Waals surface area contributed by atoms with E-state index in [2.05, 4.69) is 126 Å².